The lowest BCUT2D eigenvalue weighted by atomic mass is 10.5. The van der Waals surface area contributed by atoms with Crippen LogP contribution < -0.4 is 11.5 Å². The number of hydrogen-bond acceptors (Lipinski definition) is 3. The molecule has 7 N–H and O–H groups in total. The Morgan fingerprint density at radius 1 is 1.18 bits per heavy atom. The smallest absolute Gasteiger partial charge is 0.328 e. The third kappa shape index (κ3) is 16.1. The van der Waals surface area contributed by atoms with Gasteiger partial charge < -0.3 is 26.6 Å². The number of aliphatic carboxylic acids is 2. The second-order valence-electron chi connectivity index (χ2n) is 2.76. The van der Waals surface area contributed by atoms with Crippen LogP contribution in [-0.4, -0.2) is 53.1 Å². The highest BCUT2D eigenvalue weighted by atomic mass is 16.4. The van der Waals surface area contributed by atoms with Crippen molar-refractivity contribution in [2.24, 2.45) is 16.5 Å². The van der Waals surface area contributed by atoms with Crippen molar-refractivity contribution >= 4 is 23.9 Å². The van der Waals surface area contributed by atoms with E-state index in [1.165, 1.54) is 4.90 Å². The Hall–Kier alpha value is -2.58. The van der Waals surface area contributed by atoms with Crippen molar-refractivity contribution in [2.75, 3.05) is 14.1 Å². The number of carboxylic acid groups (broad SMARTS) is 2. The van der Waals surface area contributed by atoms with Gasteiger partial charge in [0.25, 0.3) is 0 Å². The molecule has 0 saturated heterocycles. The molecular weight excluding hydrogens is 230 g/mol. The van der Waals surface area contributed by atoms with Gasteiger partial charge in [0, 0.05) is 26.2 Å². The van der Waals surface area contributed by atoms with Gasteiger partial charge >= 0.3 is 11.9 Å². The van der Waals surface area contributed by atoms with Crippen molar-refractivity contribution in [3.8, 4) is 0 Å². The molecule has 96 valence electrons. The van der Waals surface area contributed by atoms with Crippen molar-refractivity contribution in [1.29, 1.82) is 5.41 Å². The van der Waals surface area contributed by atoms with E-state index in [-0.39, 0.29) is 11.9 Å². The summed E-state index contributed by atoms with van der Waals surface area (Å²) < 4.78 is 0. The standard InChI is InChI=1S/C4H11N5.C4H4O4/c1-9(2)4(7)8-3(5)6;5-3(6)1-2-4(7)8/h1-2H3,(H5,5,6,7,8);1-2H,(H,5,6)(H,7,8)/b;2-1-. The third-order valence-electron chi connectivity index (χ3n) is 1.03. The van der Waals surface area contributed by atoms with Gasteiger partial charge in [0.1, 0.15) is 0 Å². The lowest BCUT2D eigenvalue weighted by molar-refractivity contribution is -0.134. The summed E-state index contributed by atoms with van der Waals surface area (Å²) in [6.07, 6.45) is 1.12. The lowest BCUT2D eigenvalue weighted by Gasteiger charge is -2.07. The van der Waals surface area contributed by atoms with E-state index < -0.39 is 11.9 Å². The highest BCUT2D eigenvalue weighted by molar-refractivity contribution is 5.91. The molecule has 0 spiro atoms. The maximum Gasteiger partial charge on any atom is 0.328 e. The molecule has 0 aromatic carbocycles. The van der Waals surface area contributed by atoms with Gasteiger partial charge in [-0.1, -0.05) is 0 Å². The predicted octanol–water partition coefficient (Wildman–Crippen LogP) is -1.53. The average molecular weight is 245 g/mol. The number of carbonyl (C=O) groups is 2. The van der Waals surface area contributed by atoms with Gasteiger partial charge in [-0.25, -0.2) is 9.59 Å². The Balaban J connectivity index is 0. The summed E-state index contributed by atoms with van der Waals surface area (Å²) in [4.78, 5) is 24.1. The van der Waals surface area contributed by atoms with E-state index in [0.29, 0.717) is 12.2 Å². The van der Waals surface area contributed by atoms with Crippen LogP contribution in [0.25, 0.3) is 0 Å². The molecule has 0 aliphatic heterocycles. The first-order valence-electron chi connectivity index (χ1n) is 4.16. The van der Waals surface area contributed by atoms with Crippen LogP contribution in [-0.2, 0) is 9.59 Å². The maximum atomic E-state index is 9.55. The molecule has 0 unspecified atom stereocenters. The number of guanidine groups is 2. The van der Waals surface area contributed by atoms with Gasteiger partial charge in [-0.15, -0.1) is 0 Å². The van der Waals surface area contributed by atoms with Crippen LogP contribution >= 0.6 is 0 Å². The summed E-state index contributed by atoms with van der Waals surface area (Å²) in [6, 6.07) is 0. The van der Waals surface area contributed by atoms with Crippen LogP contribution in [0.5, 0.6) is 0 Å². The second kappa shape index (κ2) is 8.71. The van der Waals surface area contributed by atoms with Crippen LogP contribution in [0.3, 0.4) is 0 Å². The van der Waals surface area contributed by atoms with E-state index in [1.54, 1.807) is 14.1 Å². The number of carboxylic acids is 2. The average Bonchev–Trinajstić information content (AvgIpc) is 2.14. The van der Waals surface area contributed by atoms with E-state index in [0.717, 1.165) is 0 Å². The first kappa shape index (κ1) is 16.8. The molecule has 0 amide bonds. The fourth-order valence-corrected chi connectivity index (χ4v) is 0.365. The molecular formula is C8H15N5O4. The largest absolute Gasteiger partial charge is 0.478 e. The first-order chi connectivity index (χ1) is 7.66. The van der Waals surface area contributed by atoms with Crippen molar-refractivity contribution in [2.45, 2.75) is 0 Å². The fourth-order valence-electron chi connectivity index (χ4n) is 0.365. The van der Waals surface area contributed by atoms with E-state index in [4.69, 9.17) is 27.1 Å². The Morgan fingerprint density at radius 3 is 1.65 bits per heavy atom. The van der Waals surface area contributed by atoms with Gasteiger partial charge in [-0.05, 0) is 0 Å². The van der Waals surface area contributed by atoms with Crippen molar-refractivity contribution < 1.29 is 19.8 Å². The molecule has 0 aromatic heterocycles. The van der Waals surface area contributed by atoms with Crippen molar-refractivity contribution in [3.05, 3.63) is 12.2 Å². The van der Waals surface area contributed by atoms with Crippen LogP contribution in [0.1, 0.15) is 0 Å². The first-order valence-corrected chi connectivity index (χ1v) is 4.16. The minimum Gasteiger partial charge on any atom is -0.478 e. The fraction of sp³-hybridized carbons (Fsp3) is 0.250. The molecule has 0 fully saturated rings. The number of hydrogen-bond donors (Lipinski definition) is 5. The van der Waals surface area contributed by atoms with Crippen LogP contribution in [0.4, 0.5) is 0 Å². The molecule has 0 radical (unpaired) electrons. The van der Waals surface area contributed by atoms with Crippen molar-refractivity contribution in [3.63, 3.8) is 0 Å². The molecule has 9 nitrogen and oxygen atoms in total. The molecule has 0 bridgehead atoms. The number of aliphatic imine (C=N–C) groups is 1. The Labute approximate surface area is 97.5 Å². The van der Waals surface area contributed by atoms with E-state index in [1.807, 2.05) is 0 Å². The molecule has 9 heteroatoms. The number of nitrogens with zero attached hydrogens (tertiary/aromatic N) is 2. The van der Waals surface area contributed by atoms with Gasteiger partial charge in [-0.2, -0.15) is 4.99 Å². The van der Waals surface area contributed by atoms with Crippen LogP contribution in [0, 0.1) is 5.41 Å². The maximum absolute atomic E-state index is 9.55. The van der Waals surface area contributed by atoms with Crippen LogP contribution in [0.2, 0.25) is 0 Å². The van der Waals surface area contributed by atoms with Gasteiger partial charge in [0.05, 0.1) is 0 Å². The molecule has 0 aliphatic rings. The topological polar surface area (TPSA) is 166 Å². The number of nitrogens with one attached hydrogen (secondary N) is 1. The number of rotatable bonds is 2. The molecule has 0 saturated carbocycles. The normalized spacial score (nSPS) is 8.82. The third-order valence-corrected chi connectivity index (χ3v) is 1.03. The minimum atomic E-state index is -1.26. The number of nitrogens with two attached hydrogens (primary N) is 2. The van der Waals surface area contributed by atoms with E-state index in [2.05, 4.69) is 4.99 Å². The quantitative estimate of drug-likeness (QED) is 0.223. The summed E-state index contributed by atoms with van der Waals surface area (Å²) in [7, 11) is 3.38. The van der Waals surface area contributed by atoms with Gasteiger partial charge in [0.15, 0.2) is 5.96 Å². The highest BCUT2D eigenvalue weighted by Gasteiger charge is 1.93. The Bertz CT molecular complexity index is 328. The summed E-state index contributed by atoms with van der Waals surface area (Å²) in [6.45, 7) is 0. The van der Waals surface area contributed by atoms with Crippen molar-refractivity contribution in [1.82, 2.24) is 4.90 Å². The predicted molar refractivity (Wildman–Crippen MR) is 61.6 cm³/mol. The SMILES string of the molecule is CN(C)C(=N)N=C(N)N.O=C(O)/C=C\C(=O)O. The molecule has 17 heavy (non-hydrogen) atoms. The van der Waals surface area contributed by atoms with E-state index in [9.17, 15) is 9.59 Å². The zero-order chi connectivity index (χ0) is 14.0. The molecule has 0 rings (SSSR count). The zero-order valence-corrected chi connectivity index (χ0v) is 9.41. The molecule has 0 aliphatic carbocycles. The summed E-state index contributed by atoms with van der Waals surface area (Å²) in [5.41, 5.74) is 9.98. The summed E-state index contributed by atoms with van der Waals surface area (Å²) in [5, 5.41) is 22.7. The lowest BCUT2D eigenvalue weighted by Crippen LogP contribution is -2.28. The van der Waals surface area contributed by atoms with Crippen LogP contribution in [0.15, 0.2) is 17.1 Å². The zero-order valence-electron chi connectivity index (χ0n) is 9.41. The van der Waals surface area contributed by atoms with Gasteiger partial charge in [-0.3, -0.25) is 5.41 Å². The van der Waals surface area contributed by atoms with E-state index >= 15 is 0 Å². The molecule has 0 aromatic rings. The minimum absolute atomic E-state index is 0.0509. The molecule has 0 atom stereocenters. The monoisotopic (exact) mass is 245 g/mol. The summed E-state index contributed by atoms with van der Waals surface area (Å²) in [5.74, 6) is -2.55. The highest BCUT2D eigenvalue weighted by Crippen LogP contribution is 1.78. The second-order valence-corrected chi connectivity index (χ2v) is 2.76. The Morgan fingerprint density at radius 2 is 1.53 bits per heavy atom. The summed E-state index contributed by atoms with van der Waals surface area (Å²) >= 11 is 0. The molecule has 0 heterocycles. The Kier molecular flexibility index (Phi) is 8.62. The van der Waals surface area contributed by atoms with Gasteiger partial charge in [0.2, 0.25) is 5.96 Å².